The molecule has 0 bridgehead atoms. The van der Waals surface area contributed by atoms with E-state index in [2.05, 4.69) is 30.5 Å². The Kier molecular flexibility index (Phi) is 5.35. The molecule has 19 heavy (non-hydrogen) atoms. The van der Waals surface area contributed by atoms with Crippen LogP contribution in [0.5, 0.6) is 0 Å². The van der Waals surface area contributed by atoms with Crippen LogP contribution >= 0.6 is 11.5 Å². The van der Waals surface area contributed by atoms with Crippen LogP contribution in [-0.4, -0.2) is 28.4 Å². The van der Waals surface area contributed by atoms with Crippen LogP contribution in [0.3, 0.4) is 0 Å². The van der Waals surface area contributed by atoms with Gasteiger partial charge < -0.3 is 4.90 Å². The molecule has 0 fully saturated rings. The van der Waals surface area contributed by atoms with Gasteiger partial charge in [0.15, 0.2) is 0 Å². The van der Waals surface area contributed by atoms with Crippen molar-refractivity contribution in [1.29, 1.82) is 0 Å². The molecule has 0 unspecified atom stereocenters. The number of carbonyl (C=O) groups is 1. The molecule has 5 heteroatoms. The number of hydrogen-bond donors (Lipinski definition) is 1. The molecule has 0 spiro atoms. The SMILES string of the molecule is CCC(C)(CC)c1cc(NC(=O)N(C)C(C)C)sn1. The van der Waals surface area contributed by atoms with Crippen LogP contribution in [0.15, 0.2) is 6.07 Å². The molecule has 0 saturated carbocycles. The quantitative estimate of drug-likeness (QED) is 0.884. The Balaban J connectivity index is 2.78. The minimum absolute atomic E-state index is 0.0834. The molecule has 2 amide bonds. The van der Waals surface area contributed by atoms with Crippen molar-refractivity contribution >= 4 is 22.6 Å². The van der Waals surface area contributed by atoms with E-state index in [9.17, 15) is 4.79 Å². The highest BCUT2D eigenvalue weighted by Gasteiger charge is 2.25. The van der Waals surface area contributed by atoms with Crippen LogP contribution in [0, 0.1) is 0 Å². The lowest BCUT2D eigenvalue weighted by Crippen LogP contribution is -2.36. The van der Waals surface area contributed by atoms with Gasteiger partial charge in [0.25, 0.3) is 0 Å². The van der Waals surface area contributed by atoms with Gasteiger partial charge in [-0.1, -0.05) is 20.8 Å². The van der Waals surface area contributed by atoms with E-state index in [1.54, 1.807) is 11.9 Å². The zero-order valence-electron chi connectivity index (χ0n) is 12.8. The Morgan fingerprint density at radius 3 is 2.53 bits per heavy atom. The van der Waals surface area contributed by atoms with Crippen molar-refractivity contribution in [3.8, 4) is 0 Å². The Hall–Kier alpha value is -1.10. The zero-order chi connectivity index (χ0) is 14.6. The summed E-state index contributed by atoms with van der Waals surface area (Å²) in [5.41, 5.74) is 1.17. The molecular weight excluding hydrogens is 258 g/mol. The van der Waals surface area contributed by atoms with Gasteiger partial charge in [0, 0.05) is 18.5 Å². The van der Waals surface area contributed by atoms with Gasteiger partial charge in [-0.2, -0.15) is 4.37 Å². The van der Waals surface area contributed by atoms with E-state index in [1.807, 2.05) is 19.9 Å². The highest BCUT2D eigenvalue weighted by molar-refractivity contribution is 7.10. The van der Waals surface area contributed by atoms with Crippen LogP contribution < -0.4 is 5.32 Å². The van der Waals surface area contributed by atoms with Crippen LogP contribution in [0.4, 0.5) is 9.80 Å². The Labute approximate surface area is 120 Å². The average molecular weight is 283 g/mol. The number of rotatable bonds is 5. The molecule has 4 nitrogen and oxygen atoms in total. The summed E-state index contributed by atoms with van der Waals surface area (Å²) in [6, 6.07) is 2.10. The maximum Gasteiger partial charge on any atom is 0.322 e. The van der Waals surface area contributed by atoms with Gasteiger partial charge in [0.1, 0.15) is 5.00 Å². The molecule has 0 atom stereocenters. The third-order valence-electron chi connectivity index (χ3n) is 4.01. The van der Waals surface area contributed by atoms with Gasteiger partial charge in [0.05, 0.1) is 5.69 Å². The predicted molar refractivity (Wildman–Crippen MR) is 82.0 cm³/mol. The second kappa shape index (κ2) is 6.37. The molecule has 0 aliphatic carbocycles. The smallest absolute Gasteiger partial charge is 0.322 e. The first-order chi connectivity index (χ1) is 8.84. The lowest BCUT2D eigenvalue weighted by molar-refractivity contribution is 0.211. The fourth-order valence-corrected chi connectivity index (χ4v) is 2.43. The van der Waals surface area contributed by atoms with E-state index >= 15 is 0 Å². The van der Waals surface area contributed by atoms with E-state index in [0.717, 1.165) is 23.5 Å². The monoisotopic (exact) mass is 283 g/mol. The average Bonchev–Trinajstić information content (AvgIpc) is 2.85. The van der Waals surface area contributed by atoms with Gasteiger partial charge in [-0.15, -0.1) is 0 Å². The maximum absolute atomic E-state index is 11.9. The molecular formula is C14H25N3OS. The topological polar surface area (TPSA) is 45.2 Å². The molecule has 0 aliphatic heterocycles. The number of nitrogens with zero attached hydrogens (tertiary/aromatic N) is 2. The molecule has 0 aromatic carbocycles. The Morgan fingerprint density at radius 1 is 1.47 bits per heavy atom. The minimum Gasteiger partial charge on any atom is -0.325 e. The van der Waals surface area contributed by atoms with Gasteiger partial charge in [0.2, 0.25) is 0 Å². The van der Waals surface area contributed by atoms with E-state index in [4.69, 9.17) is 0 Å². The number of nitrogens with one attached hydrogen (secondary N) is 1. The van der Waals surface area contributed by atoms with Gasteiger partial charge in [-0.05, 0) is 44.3 Å². The summed E-state index contributed by atoms with van der Waals surface area (Å²) in [6.07, 6.45) is 2.10. The predicted octanol–water partition coefficient (Wildman–Crippen LogP) is 4.09. The standard InChI is InChI=1S/C14H25N3OS/c1-7-14(5,8-2)11-9-12(19-16-11)15-13(18)17(6)10(3)4/h9-10H,7-8H2,1-6H3,(H,15,18). The number of anilines is 1. The van der Waals surface area contributed by atoms with Crippen molar-refractivity contribution in [1.82, 2.24) is 9.27 Å². The van der Waals surface area contributed by atoms with Crippen molar-refractivity contribution in [2.45, 2.75) is 58.9 Å². The first-order valence-corrected chi connectivity index (χ1v) is 7.62. The first kappa shape index (κ1) is 16.0. The summed E-state index contributed by atoms with van der Waals surface area (Å²) >= 11 is 1.36. The maximum atomic E-state index is 11.9. The van der Waals surface area contributed by atoms with Crippen LogP contribution in [0.2, 0.25) is 0 Å². The number of carbonyl (C=O) groups excluding carboxylic acids is 1. The van der Waals surface area contributed by atoms with Crippen LogP contribution in [0.25, 0.3) is 0 Å². The highest BCUT2D eigenvalue weighted by atomic mass is 32.1. The highest BCUT2D eigenvalue weighted by Crippen LogP contribution is 2.33. The molecule has 1 rings (SSSR count). The first-order valence-electron chi connectivity index (χ1n) is 6.85. The fraction of sp³-hybridized carbons (Fsp3) is 0.714. The van der Waals surface area contributed by atoms with Crippen molar-refractivity contribution in [2.24, 2.45) is 0 Å². The van der Waals surface area contributed by atoms with E-state index in [-0.39, 0.29) is 17.5 Å². The molecule has 0 saturated heterocycles. The van der Waals surface area contributed by atoms with Crippen LogP contribution in [-0.2, 0) is 5.41 Å². The summed E-state index contributed by atoms with van der Waals surface area (Å²) in [7, 11) is 1.80. The Bertz CT molecular complexity index is 424. The van der Waals surface area contributed by atoms with Crippen molar-refractivity contribution in [2.75, 3.05) is 12.4 Å². The number of amides is 2. The van der Waals surface area contributed by atoms with Crippen molar-refractivity contribution in [3.63, 3.8) is 0 Å². The summed E-state index contributed by atoms with van der Waals surface area (Å²) in [5.74, 6) is 0. The molecule has 0 radical (unpaired) electrons. The molecule has 0 aliphatic rings. The minimum atomic E-state index is -0.0834. The van der Waals surface area contributed by atoms with Crippen LogP contribution in [0.1, 0.15) is 53.2 Å². The second-order valence-electron chi connectivity index (χ2n) is 5.48. The molecule has 108 valence electrons. The molecule has 1 aromatic heterocycles. The normalized spacial score (nSPS) is 11.7. The molecule has 1 N–H and O–H groups in total. The number of hydrogen-bond acceptors (Lipinski definition) is 3. The number of urea groups is 1. The van der Waals surface area contributed by atoms with E-state index in [0.29, 0.717) is 0 Å². The summed E-state index contributed by atoms with van der Waals surface area (Å²) in [4.78, 5) is 13.6. The lowest BCUT2D eigenvalue weighted by Gasteiger charge is -2.24. The summed E-state index contributed by atoms with van der Waals surface area (Å²) in [6.45, 7) is 10.5. The van der Waals surface area contributed by atoms with E-state index < -0.39 is 0 Å². The summed E-state index contributed by atoms with van der Waals surface area (Å²) < 4.78 is 4.50. The number of aromatic nitrogens is 1. The van der Waals surface area contributed by atoms with Crippen molar-refractivity contribution in [3.05, 3.63) is 11.8 Å². The van der Waals surface area contributed by atoms with E-state index in [1.165, 1.54) is 11.5 Å². The lowest BCUT2D eigenvalue weighted by atomic mass is 9.81. The fourth-order valence-electron chi connectivity index (χ4n) is 1.66. The van der Waals surface area contributed by atoms with Crippen molar-refractivity contribution < 1.29 is 4.79 Å². The Morgan fingerprint density at radius 2 is 2.05 bits per heavy atom. The summed E-state index contributed by atoms with van der Waals surface area (Å²) in [5, 5.41) is 3.73. The van der Waals surface area contributed by atoms with Gasteiger partial charge in [-0.25, -0.2) is 4.79 Å². The van der Waals surface area contributed by atoms with Gasteiger partial charge >= 0.3 is 6.03 Å². The largest absolute Gasteiger partial charge is 0.325 e. The molecule has 1 heterocycles. The van der Waals surface area contributed by atoms with Gasteiger partial charge in [-0.3, -0.25) is 5.32 Å². The third-order valence-corrected chi connectivity index (χ3v) is 4.72. The third kappa shape index (κ3) is 3.69. The zero-order valence-corrected chi connectivity index (χ0v) is 13.6. The molecule has 1 aromatic rings. The second-order valence-corrected chi connectivity index (χ2v) is 6.28.